The molecule has 1 unspecified atom stereocenters. The number of para-hydroxylation sites is 2. The topological polar surface area (TPSA) is 139 Å². The summed E-state index contributed by atoms with van der Waals surface area (Å²) in [5.74, 6) is -0.0147. The van der Waals surface area contributed by atoms with Gasteiger partial charge in [-0.3, -0.25) is 9.36 Å². The highest BCUT2D eigenvalue weighted by Crippen LogP contribution is 2.27. The Kier molecular flexibility index (Phi) is 7.40. The van der Waals surface area contributed by atoms with Crippen LogP contribution in [-0.4, -0.2) is 78.2 Å². The molecule has 11 heteroatoms. The van der Waals surface area contributed by atoms with Crippen molar-refractivity contribution >= 4 is 22.8 Å². The van der Waals surface area contributed by atoms with Crippen molar-refractivity contribution in [1.82, 2.24) is 35.1 Å². The molecule has 2 N–H and O–H groups in total. The number of hydrogen-bond acceptors (Lipinski definition) is 8. The zero-order chi connectivity index (χ0) is 23.2. The third-order valence-corrected chi connectivity index (χ3v) is 6.11. The van der Waals surface area contributed by atoms with E-state index in [4.69, 9.17) is 9.84 Å². The Labute approximate surface area is 191 Å². The second kappa shape index (κ2) is 10.6. The van der Waals surface area contributed by atoms with Gasteiger partial charge in [-0.25, -0.2) is 14.9 Å². The van der Waals surface area contributed by atoms with Crippen LogP contribution in [0.15, 0.2) is 24.3 Å². The molecule has 0 amide bonds. The number of carbonyl (C=O) groups is 2. The van der Waals surface area contributed by atoms with Crippen molar-refractivity contribution in [3.05, 3.63) is 35.9 Å². The lowest BCUT2D eigenvalue weighted by Gasteiger charge is -2.31. The van der Waals surface area contributed by atoms with Gasteiger partial charge in [0.05, 0.1) is 11.0 Å². The predicted octanol–water partition coefficient (Wildman–Crippen LogP) is 2.09. The number of H-pyrrole nitrogens is 1. The minimum absolute atomic E-state index is 0.00514. The summed E-state index contributed by atoms with van der Waals surface area (Å²) in [6, 6.07) is 7.46. The number of aromatic amines is 1. The monoisotopic (exact) mass is 455 g/mol. The Balaban J connectivity index is 1.36. The number of benzene rings is 1. The molecule has 3 aromatic rings. The Bertz CT molecular complexity index is 1070. The van der Waals surface area contributed by atoms with Crippen molar-refractivity contribution in [2.24, 2.45) is 5.92 Å². The Morgan fingerprint density at radius 2 is 2.03 bits per heavy atom. The van der Waals surface area contributed by atoms with Crippen molar-refractivity contribution in [1.29, 1.82) is 0 Å². The lowest BCUT2D eigenvalue weighted by Crippen LogP contribution is -2.37. The third-order valence-electron chi connectivity index (χ3n) is 6.11. The van der Waals surface area contributed by atoms with Crippen molar-refractivity contribution in [2.75, 3.05) is 26.2 Å². The molecule has 176 valence electrons. The maximum Gasteiger partial charge on any atom is 0.329 e. The van der Waals surface area contributed by atoms with Crippen LogP contribution in [0, 0.1) is 5.92 Å². The number of likely N-dealkylation sites (tertiary alicyclic amines) is 1. The normalized spacial score (nSPS) is 16.3. The first-order chi connectivity index (χ1) is 16.0. The molecule has 0 radical (unpaired) electrons. The van der Waals surface area contributed by atoms with Crippen LogP contribution < -0.4 is 0 Å². The lowest BCUT2D eigenvalue weighted by molar-refractivity contribution is -0.145. The first-order valence-corrected chi connectivity index (χ1v) is 11.3. The van der Waals surface area contributed by atoms with Crippen LogP contribution in [0.4, 0.5) is 0 Å². The van der Waals surface area contributed by atoms with Crippen molar-refractivity contribution < 1.29 is 19.4 Å². The zero-order valence-electron chi connectivity index (χ0n) is 18.7. The molecule has 1 aliphatic heterocycles. The first kappa shape index (κ1) is 23.0. The SMILES string of the molecule is CC(OCC(=O)O)n1c(C(=O)C2CCN(CCCCc3nnn[nH]3)CC2)nc2ccccc21. The number of unbranched alkanes of at least 4 members (excludes halogenated alkanes) is 1. The van der Waals surface area contributed by atoms with E-state index in [2.05, 4.69) is 30.5 Å². The standard InChI is InChI=1S/C22H29N7O4/c1-15(33-14-20(30)31)29-18-7-3-2-6-17(18)23-22(29)21(32)16-9-12-28(13-10-16)11-5-4-8-19-24-26-27-25-19/h2-3,6-7,15-16H,4-5,8-14H2,1H3,(H,30,31)(H,24,25,26,27). The van der Waals surface area contributed by atoms with Gasteiger partial charge in [0.25, 0.3) is 0 Å². The molecule has 1 saturated heterocycles. The molecular formula is C22H29N7O4. The van der Waals surface area contributed by atoms with Gasteiger partial charge in [-0.1, -0.05) is 12.1 Å². The number of aryl methyl sites for hydroxylation is 1. The van der Waals surface area contributed by atoms with Gasteiger partial charge in [0.1, 0.15) is 18.7 Å². The molecule has 0 aliphatic carbocycles. The molecule has 4 rings (SSSR count). The predicted molar refractivity (Wildman–Crippen MR) is 119 cm³/mol. The molecule has 0 spiro atoms. The lowest BCUT2D eigenvalue weighted by atomic mass is 9.92. The maximum absolute atomic E-state index is 13.4. The highest BCUT2D eigenvalue weighted by Gasteiger charge is 2.30. The van der Waals surface area contributed by atoms with E-state index in [0.717, 1.165) is 63.1 Å². The fourth-order valence-corrected chi connectivity index (χ4v) is 4.37. The summed E-state index contributed by atoms with van der Waals surface area (Å²) in [5, 5.41) is 22.8. The number of ketones is 1. The number of nitrogens with zero attached hydrogens (tertiary/aromatic N) is 6. The zero-order valence-corrected chi connectivity index (χ0v) is 18.7. The molecule has 1 atom stereocenters. The number of piperidine rings is 1. The Morgan fingerprint density at radius 1 is 1.24 bits per heavy atom. The second-order valence-corrected chi connectivity index (χ2v) is 8.38. The number of aromatic nitrogens is 6. The highest BCUT2D eigenvalue weighted by molar-refractivity contribution is 5.98. The van der Waals surface area contributed by atoms with E-state index in [1.807, 2.05) is 24.3 Å². The Morgan fingerprint density at radius 3 is 2.76 bits per heavy atom. The van der Waals surface area contributed by atoms with E-state index < -0.39 is 18.8 Å². The summed E-state index contributed by atoms with van der Waals surface area (Å²) in [4.78, 5) is 31.4. The van der Waals surface area contributed by atoms with Crippen LogP contribution >= 0.6 is 0 Å². The second-order valence-electron chi connectivity index (χ2n) is 8.38. The molecule has 0 bridgehead atoms. The quantitative estimate of drug-likeness (QED) is 0.328. The number of fused-ring (bicyclic) bond motifs is 1. The van der Waals surface area contributed by atoms with Gasteiger partial charge in [-0.15, -0.1) is 5.10 Å². The number of Topliss-reactive ketones (excluding diaryl/α,β-unsaturated/α-hetero) is 1. The summed E-state index contributed by atoms with van der Waals surface area (Å²) in [7, 11) is 0. The number of ether oxygens (including phenoxy) is 1. The third kappa shape index (κ3) is 5.60. The van der Waals surface area contributed by atoms with E-state index in [1.165, 1.54) is 0 Å². The first-order valence-electron chi connectivity index (χ1n) is 11.3. The Hall–Kier alpha value is -3.18. The summed E-state index contributed by atoms with van der Waals surface area (Å²) in [6.45, 7) is 4.02. The van der Waals surface area contributed by atoms with E-state index in [9.17, 15) is 9.59 Å². The molecule has 11 nitrogen and oxygen atoms in total. The van der Waals surface area contributed by atoms with Crippen LogP contribution in [0.3, 0.4) is 0 Å². The molecule has 3 heterocycles. The number of tetrazole rings is 1. The maximum atomic E-state index is 13.4. The number of hydrogen-bond donors (Lipinski definition) is 2. The van der Waals surface area contributed by atoms with Crippen molar-refractivity contribution in [3.8, 4) is 0 Å². The minimum atomic E-state index is -1.05. The molecular weight excluding hydrogens is 426 g/mol. The van der Waals surface area contributed by atoms with Crippen molar-refractivity contribution in [3.63, 3.8) is 0 Å². The van der Waals surface area contributed by atoms with Gasteiger partial charge in [0.2, 0.25) is 5.78 Å². The molecule has 33 heavy (non-hydrogen) atoms. The number of aliphatic carboxylic acids is 1. The average molecular weight is 456 g/mol. The largest absolute Gasteiger partial charge is 0.480 e. The number of rotatable bonds is 11. The van der Waals surface area contributed by atoms with Gasteiger partial charge in [0, 0.05) is 12.3 Å². The van der Waals surface area contributed by atoms with Gasteiger partial charge < -0.3 is 14.7 Å². The van der Waals surface area contributed by atoms with Crippen LogP contribution in [-0.2, 0) is 16.0 Å². The number of carboxylic acid groups (broad SMARTS) is 1. The summed E-state index contributed by atoms with van der Waals surface area (Å²) in [5.41, 5.74) is 1.46. The number of nitrogens with one attached hydrogen (secondary N) is 1. The molecule has 2 aromatic heterocycles. The van der Waals surface area contributed by atoms with Gasteiger partial charge >= 0.3 is 5.97 Å². The number of imidazole rings is 1. The number of carbonyl (C=O) groups excluding carboxylic acids is 1. The molecule has 0 saturated carbocycles. The summed E-state index contributed by atoms with van der Waals surface area (Å²) in [6.07, 6.45) is 3.82. The molecule has 1 aromatic carbocycles. The minimum Gasteiger partial charge on any atom is -0.480 e. The van der Waals surface area contributed by atoms with Gasteiger partial charge in [-0.05, 0) is 74.8 Å². The van der Waals surface area contributed by atoms with Gasteiger partial charge in [0.15, 0.2) is 5.82 Å². The van der Waals surface area contributed by atoms with Crippen molar-refractivity contribution in [2.45, 2.75) is 45.3 Å². The smallest absolute Gasteiger partial charge is 0.329 e. The fraction of sp³-hybridized carbons (Fsp3) is 0.545. The average Bonchev–Trinajstić information content (AvgIpc) is 3.48. The van der Waals surface area contributed by atoms with E-state index in [0.29, 0.717) is 11.3 Å². The van der Waals surface area contributed by atoms with Crippen LogP contribution in [0.25, 0.3) is 11.0 Å². The van der Waals surface area contributed by atoms with E-state index in [1.54, 1.807) is 11.5 Å². The molecule has 1 aliphatic rings. The fourth-order valence-electron chi connectivity index (χ4n) is 4.37. The van der Waals surface area contributed by atoms with E-state index >= 15 is 0 Å². The summed E-state index contributed by atoms with van der Waals surface area (Å²) >= 11 is 0. The van der Waals surface area contributed by atoms with E-state index in [-0.39, 0.29) is 11.7 Å². The number of carboxylic acids is 1. The summed E-state index contributed by atoms with van der Waals surface area (Å²) < 4.78 is 7.21. The van der Waals surface area contributed by atoms with Crippen LogP contribution in [0.1, 0.15) is 55.3 Å². The van der Waals surface area contributed by atoms with Crippen LogP contribution in [0.2, 0.25) is 0 Å². The van der Waals surface area contributed by atoms with Crippen LogP contribution in [0.5, 0.6) is 0 Å². The van der Waals surface area contributed by atoms with Gasteiger partial charge in [-0.2, -0.15) is 0 Å². The molecule has 1 fully saturated rings. The highest BCUT2D eigenvalue weighted by atomic mass is 16.5.